The van der Waals surface area contributed by atoms with Crippen LogP contribution in [0.15, 0.2) is 66.9 Å². The number of aliphatic hydroxyl groups excluding tert-OH is 1. The predicted molar refractivity (Wildman–Crippen MR) is 152 cm³/mol. The Hall–Kier alpha value is -3.88. The summed E-state index contributed by atoms with van der Waals surface area (Å²) in [5.41, 5.74) is 4.20. The number of ether oxygens (including phenoxy) is 2. The summed E-state index contributed by atoms with van der Waals surface area (Å²) in [5.74, 6) is 2.26. The number of piperazine rings is 1. The summed E-state index contributed by atoms with van der Waals surface area (Å²) in [4.78, 5) is 14.2. The molecule has 1 aromatic heterocycles. The highest BCUT2D eigenvalue weighted by molar-refractivity contribution is 5.98. The van der Waals surface area contributed by atoms with Crippen molar-refractivity contribution >= 4 is 22.4 Å². The maximum atomic E-state index is 9.20. The van der Waals surface area contributed by atoms with E-state index in [1.54, 1.807) is 20.4 Å². The van der Waals surface area contributed by atoms with Crippen LogP contribution in [0, 0.1) is 0 Å². The van der Waals surface area contributed by atoms with Gasteiger partial charge in [0.15, 0.2) is 0 Å². The van der Waals surface area contributed by atoms with Gasteiger partial charge in [-0.1, -0.05) is 18.2 Å². The molecule has 2 N–H and O–H groups in total. The minimum atomic E-state index is 0.238. The molecule has 0 unspecified atom stereocenters. The first kappa shape index (κ1) is 25.8. The van der Waals surface area contributed by atoms with Crippen molar-refractivity contribution in [1.82, 2.24) is 14.9 Å². The SMILES string of the molecule is COc1cccc(CNc2nccc(-c3cc(N4CCN(CCCO)CC4)c4cc(OC)ccc4c3)n2)c1. The maximum absolute atomic E-state index is 9.20. The van der Waals surface area contributed by atoms with Crippen LogP contribution < -0.4 is 19.7 Å². The predicted octanol–water partition coefficient (Wildman–Crippen LogP) is 4.43. The standard InChI is InChI=1S/C30H35N5O3/c1-37-25-6-3-5-22(17-25)21-32-30-31-10-9-28(33-30)24-18-23-7-8-26(38-2)20-27(23)29(19-24)35-14-12-34(13-15-35)11-4-16-36/h3,5-10,17-20,36H,4,11-16,21H2,1-2H3,(H,31,32,33). The van der Waals surface area contributed by atoms with Crippen molar-refractivity contribution in [2.24, 2.45) is 0 Å². The van der Waals surface area contributed by atoms with E-state index in [-0.39, 0.29) is 6.61 Å². The molecule has 5 rings (SSSR count). The fraction of sp³-hybridized carbons (Fsp3) is 0.333. The molecule has 0 saturated carbocycles. The summed E-state index contributed by atoms with van der Waals surface area (Å²) >= 11 is 0. The molecule has 1 aliphatic heterocycles. The van der Waals surface area contributed by atoms with Crippen molar-refractivity contribution in [3.8, 4) is 22.8 Å². The fourth-order valence-corrected chi connectivity index (χ4v) is 4.93. The van der Waals surface area contributed by atoms with Gasteiger partial charge in [-0.05, 0) is 59.8 Å². The Bertz CT molecular complexity index is 1370. The number of anilines is 2. The highest BCUT2D eigenvalue weighted by Crippen LogP contribution is 2.35. The van der Waals surface area contributed by atoms with Crippen molar-refractivity contribution in [3.63, 3.8) is 0 Å². The molecule has 0 bridgehead atoms. The van der Waals surface area contributed by atoms with E-state index in [2.05, 4.69) is 44.4 Å². The first-order valence-corrected chi connectivity index (χ1v) is 13.1. The summed E-state index contributed by atoms with van der Waals surface area (Å²) in [7, 11) is 3.38. The number of methoxy groups -OCH3 is 2. The molecule has 1 fully saturated rings. The van der Waals surface area contributed by atoms with Gasteiger partial charge in [0.2, 0.25) is 5.95 Å². The number of nitrogens with zero attached hydrogens (tertiary/aromatic N) is 4. The molecule has 8 heteroatoms. The molecule has 0 radical (unpaired) electrons. The summed E-state index contributed by atoms with van der Waals surface area (Å²) in [5, 5.41) is 14.9. The molecule has 2 heterocycles. The van der Waals surface area contributed by atoms with Gasteiger partial charge in [0.05, 0.1) is 19.9 Å². The molecular formula is C30H35N5O3. The van der Waals surface area contributed by atoms with E-state index >= 15 is 0 Å². The lowest BCUT2D eigenvalue weighted by Gasteiger charge is -2.36. The monoisotopic (exact) mass is 513 g/mol. The zero-order valence-electron chi connectivity index (χ0n) is 22.1. The zero-order chi connectivity index (χ0) is 26.3. The second-order valence-corrected chi connectivity index (χ2v) is 9.46. The second-order valence-electron chi connectivity index (χ2n) is 9.46. The fourth-order valence-electron chi connectivity index (χ4n) is 4.93. The minimum absolute atomic E-state index is 0.238. The lowest BCUT2D eigenvalue weighted by atomic mass is 10.0. The van der Waals surface area contributed by atoms with Crippen LogP contribution >= 0.6 is 0 Å². The summed E-state index contributed by atoms with van der Waals surface area (Å²) in [6.07, 6.45) is 2.62. The highest BCUT2D eigenvalue weighted by Gasteiger charge is 2.20. The van der Waals surface area contributed by atoms with Gasteiger partial charge in [-0.3, -0.25) is 4.90 Å². The van der Waals surface area contributed by atoms with E-state index in [0.29, 0.717) is 12.5 Å². The van der Waals surface area contributed by atoms with Gasteiger partial charge < -0.3 is 24.8 Å². The number of nitrogens with one attached hydrogen (secondary N) is 1. The van der Waals surface area contributed by atoms with Gasteiger partial charge in [-0.15, -0.1) is 0 Å². The molecule has 3 aromatic carbocycles. The van der Waals surface area contributed by atoms with Crippen LogP contribution in [0.25, 0.3) is 22.0 Å². The third-order valence-corrected chi connectivity index (χ3v) is 7.02. The third-order valence-electron chi connectivity index (χ3n) is 7.02. The molecule has 0 atom stereocenters. The zero-order valence-corrected chi connectivity index (χ0v) is 22.1. The van der Waals surface area contributed by atoms with Crippen LogP contribution in [0.2, 0.25) is 0 Å². The summed E-state index contributed by atoms with van der Waals surface area (Å²) < 4.78 is 10.9. The first-order valence-electron chi connectivity index (χ1n) is 13.1. The van der Waals surface area contributed by atoms with Gasteiger partial charge >= 0.3 is 0 Å². The van der Waals surface area contributed by atoms with Gasteiger partial charge in [0, 0.05) is 68.7 Å². The molecule has 4 aromatic rings. The van der Waals surface area contributed by atoms with Gasteiger partial charge in [0.1, 0.15) is 11.5 Å². The summed E-state index contributed by atoms with van der Waals surface area (Å²) in [6.45, 7) is 5.58. The molecule has 1 saturated heterocycles. The molecular weight excluding hydrogens is 478 g/mol. The van der Waals surface area contributed by atoms with Crippen LogP contribution in [0.1, 0.15) is 12.0 Å². The average molecular weight is 514 g/mol. The molecule has 38 heavy (non-hydrogen) atoms. The van der Waals surface area contributed by atoms with Crippen molar-refractivity contribution in [2.45, 2.75) is 13.0 Å². The van der Waals surface area contributed by atoms with Gasteiger partial charge in [-0.2, -0.15) is 0 Å². The number of aliphatic hydroxyl groups is 1. The molecule has 198 valence electrons. The third kappa shape index (κ3) is 5.98. The minimum Gasteiger partial charge on any atom is -0.497 e. The van der Waals surface area contributed by atoms with Gasteiger partial charge in [-0.25, -0.2) is 9.97 Å². The van der Waals surface area contributed by atoms with Crippen LogP contribution in [-0.4, -0.2) is 73.5 Å². The molecule has 1 aliphatic rings. The number of hydrogen-bond acceptors (Lipinski definition) is 8. The largest absolute Gasteiger partial charge is 0.497 e. The first-order chi connectivity index (χ1) is 18.7. The van der Waals surface area contributed by atoms with E-state index in [1.165, 1.54) is 11.1 Å². The second kappa shape index (κ2) is 12.1. The molecule has 0 aliphatic carbocycles. The van der Waals surface area contributed by atoms with Crippen molar-refractivity contribution in [3.05, 3.63) is 72.4 Å². The van der Waals surface area contributed by atoms with Crippen molar-refractivity contribution in [1.29, 1.82) is 0 Å². The Morgan fingerprint density at radius 1 is 0.921 bits per heavy atom. The molecule has 8 nitrogen and oxygen atoms in total. The number of hydrogen-bond donors (Lipinski definition) is 2. The lowest BCUT2D eigenvalue weighted by Crippen LogP contribution is -2.46. The Labute approximate surface area is 223 Å². The number of benzene rings is 3. The summed E-state index contributed by atoms with van der Waals surface area (Å²) in [6, 6.07) is 20.6. The maximum Gasteiger partial charge on any atom is 0.223 e. The molecule has 0 amide bonds. The quantitative estimate of drug-likeness (QED) is 0.322. The van der Waals surface area contributed by atoms with E-state index in [4.69, 9.17) is 14.5 Å². The average Bonchev–Trinajstić information content (AvgIpc) is 2.98. The van der Waals surface area contributed by atoms with E-state index in [9.17, 15) is 5.11 Å². The Morgan fingerprint density at radius 2 is 1.74 bits per heavy atom. The Kier molecular flexibility index (Phi) is 8.21. The lowest BCUT2D eigenvalue weighted by molar-refractivity contribution is 0.216. The van der Waals surface area contributed by atoms with Crippen LogP contribution in [0.3, 0.4) is 0 Å². The van der Waals surface area contributed by atoms with E-state index in [1.807, 2.05) is 36.4 Å². The van der Waals surface area contributed by atoms with Crippen LogP contribution in [0.4, 0.5) is 11.6 Å². The smallest absolute Gasteiger partial charge is 0.223 e. The number of fused-ring (bicyclic) bond motifs is 1. The number of aromatic nitrogens is 2. The van der Waals surface area contributed by atoms with Crippen LogP contribution in [0.5, 0.6) is 11.5 Å². The van der Waals surface area contributed by atoms with Crippen molar-refractivity contribution in [2.75, 3.05) is 63.8 Å². The highest BCUT2D eigenvalue weighted by atomic mass is 16.5. The van der Waals surface area contributed by atoms with E-state index in [0.717, 1.165) is 72.9 Å². The topological polar surface area (TPSA) is 83.0 Å². The Balaban J connectivity index is 1.42. The van der Waals surface area contributed by atoms with E-state index < -0.39 is 0 Å². The Morgan fingerprint density at radius 3 is 2.53 bits per heavy atom. The van der Waals surface area contributed by atoms with Crippen molar-refractivity contribution < 1.29 is 14.6 Å². The molecule has 0 spiro atoms. The normalized spacial score (nSPS) is 14.0. The van der Waals surface area contributed by atoms with Crippen LogP contribution in [-0.2, 0) is 6.54 Å². The van der Waals surface area contributed by atoms with Gasteiger partial charge in [0.25, 0.3) is 0 Å². The number of rotatable bonds is 10.